The third kappa shape index (κ3) is 3.95. The summed E-state index contributed by atoms with van der Waals surface area (Å²) in [6.45, 7) is 3.62. The number of nitrogens with one attached hydrogen (secondary N) is 1. The maximum absolute atomic E-state index is 12.3. The molecule has 1 aromatic rings. The molecule has 7 nitrogen and oxygen atoms in total. The zero-order valence-electron chi connectivity index (χ0n) is 12.9. The Morgan fingerprint density at radius 2 is 2.00 bits per heavy atom. The van der Waals surface area contributed by atoms with Crippen molar-refractivity contribution in [1.29, 1.82) is 0 Å². The predicted octanol–water partition coefficient (Wildman–Crippen LogP) is 2.23. The first-order valence-electron chi connectivity index (χ1n) is 7.27. The molecule has 1 amide bonds. The monoisotopic (exact) mass is 338 g/mol. The van der Waals surface area contributed by atoms with Gasteiger partial charge in [0.1, 0.15) is 4.88 Å². The Kier molecular flexibility index (Phi) is 5.49. The highest BCUT2D eigenvalue weighted by atomic mass is 32.1. The molecule has 0 saturated heterocycles. The number of hydrogen-bond donors (Lipinski definition) is 2. The summed E-state index contributed by atoms with van der Waals surface area (Å²) in [7, 11) is 0. The van der Waals surface area contributed by atoms with Gasteiger partial charge >= 0.3 is 11.9 Å². The second-order valence-corrected chi connectivity index (χ2v) is 6.14. The van der Waals surface area contributed by atoms with E-state index >= 15 is 0 Å². The summed E-state index contributed by atoms with van der Waals surface area (Å²) in [5, 5.41) is 12.1. The molecule has 0 aromatic carbocycles. The van der Waals surface area contributed by atoms with E-state index in [4.69, 9.17) is 4.74 Å². The molecule has 0 bridgehead atoms. The Hall–Kier alpha value is -2.22. The van der Waals surface area contributed by atoms with Gasteiger partial charge in [0.2, 0.25) is 5.91 Å². The molecule has 2 atom stereocenters. The summed E-state index contributed by atoms with van der Waals surface area (Å²) >= 11 is 1.03. The lowest BCUT2D eigenvalue weighted by Gasteiger charge is -2.23. The number of amides is 1. The van der Waals surface area contributed by atoms with Crippen molar-refractivity contribution < 1.29 is 24.2 Å². The largest absolute Gasteiger partial charge is 0.481 e. The van der Waals surface area contributed by atoms with Crippen LogP contribution in [0.4, 0.5) is 5.13 Å². The Morgan fingerprint density at radius 1 is 1.35 bits per heavy atom. The highest BCUT2D eigenvalue weighted by molar-refractivity contribution is 7.17. The highest BCUT2D eigenvalue weighted by Crippen LogP contribution is 2.29. The average Bonchev–Trinajstić information content (AvgIpc) is 2.88. The number of aromatic nitrogens is 1. The minimum Gasteiger partial charge on any atom is -0.481 e. The van der Waals surface area contributed by atoms with E-state index in [2.05, 4.69) is 10.3 Å². The van der Waals surface area contributed by atoms with Gasteiger partial charge in [0, 0.05) is 0 Å². The van der Waals surface area contributed by atoms with Crippen LogP contribution in [0.2, 0.25) is 0 Å². The normalized spacial score (nSPS) is 20.1. The SMILES string of the molecule is CCOC(=O)c1sc(NC(=O)[C@H]2CC=CC[C@@H]2C(=O)O)nc1C. The average molecular weight is 338 g/mol. The number of nitrogens with zero attached hydrogens (tertiary/aromatic N) is 1. The van der Waals surface area contributed by atoms with Crippen LogP contribution < -0.4 is 5.32 Å². The lowest BCUT2D eigenvalue weighted by molar-refractivity contribution is -0.146. The Bertz CT molecular complexity index is 652. The number of allylic oxidation sites excluding steroid dienone is 2. The number of carbonyl (C=O) groups is 3. The quantitative estimate of drug-likeness (QED) is 0.630. The fourth-order valence-corrected chi connectivity index (χ4v) is 3.27. The number of aliphatic carboxylic acids is 1. The molecule has 0 fully saturated rings. The van der Waals surface area contributed by atoms with Crippen LogP contribution in [0.15, 0.2) is 12.2 Å². The fraction of sp³-hybridized carbons (Fsp3) is 0.467. The van der Waals surface area contributed by atoms with Crippen LogP contribution in [0.5, 0.6) is 0 Å². The van der Waals surface area contributed by atoms with Crippen molar-refractivity contribution in [1.82, 2.24) is 4.98 Å². The number of ether oxygens (including phenoxy) is 1. The van der Waals surface area contributed by atoms with Gasteiger partial charge in [-0.3, -0.25) is 9.59 Å². The number of esters is 1. The molecule has 1 aliphatic rings. The molecule has 1 aromatic heterocycles. The first kappa shape index (κ1) is 17.1. The van der Waals surface area contributed by atoms with Gasteiger partial charge in [-0.2, -0.15) is 0 Å². The molecule has 124 valence electrons. The second-order valence-electron chi connectivity index (χ2n) is 5.14. The van der Waals surface area contributed by atoms with Gasteiger partial charge in [-0.1, -0.05) is 23.5 Å². The number of hydrogen-bond acceptors (Lipinski definition) is 6. The molecule has 0 aliphatic heterocycles. The smallest absolute Gasteiger partial charge is 0.350 e. The van der Waals surface area contributed by atoms with E-state index < -0.39 is 29.7 Å². The highest BCUT2D eigenvalue weighted by Gasteiger charge is 2.34. The molecule has 1 aliphatic carbocycles. The molecular formula is C15H18N2O5S. The third-order valence-electron chi connectivity index (χ3n) is 3.57. The van der Waals surface area contributed by atoms with Crippen molar-refractivity contribution in [2.45, 2.75) is 26.7 Å². The van der Waals surface area contributed by atoms with Crippen molar-refractivity contribution in [2.24, 2.45) is 11.8 Å². The van der Waals surface area contributed by atoms with E-state index in [1.807, 2.05) is 0 Å². The van der Waals surface area contributed by atoms with E-state index in [0.717, 1.165) is 11.3 Å². The van der Waals surface area contributed by atoms with Crippen LogP contribution in [-0.2, 0) is 14.3 Å². The van der Waals surface area contributed by atoms with E-state index in [0.29, 0.717) is 23.4 Å². The van der Waals surface area contributed by atoms with E-state index in [1.165, 1.54) is 0 Å². The third-order valence-corrected chi connectivity index (χ3v) is 4.63. The number of thiazole rings is 1. The standard InChI is InChI=1S/C15H18N2O5S/c1-3-22-14(21)11-8(2)16-15(23-11)17-12(18)9-6-4-5-7-10(9)13(19)20/h4-5,9-10H,3,6-7H2,1-2H3,(H,19,20)(H,16,17,18)/t9-,10-/m0/s1. The number of carbonyl (C=O) groups excluding carboxylic acids is 2. The number of anilines is 1. The van der Waals surface area contributed by atoms with Crippen molar-refractivity contribution in [3.05, 3.63) is 22.7 Å². The molecule has 2 N–H and O–H groups in total. The molecule has 0 unspecified atom stereocenters. The first-order valence-corrected chi connectivity index (χ1v) is 8.08. The maximum Gasteiger partial charge on any atom is 0.350 e. The van der Waals surface area contributed by atoms with Crippen molar-refractivity contribution >= 4 is 34.3 Å². The van der Waals surface area contributed by atoms with Crippen molar-refractivity contribution in [3.8, 4) is 0 Å². The van der Waals surface area contributed by atoms with Gasteiger partial charge < -0.3 is 15.2 Å². The van der Waals surface area contributed by atoms with Gasteiger partial charge in [0.15, 0.2) is 5.13 Å². The molecule has 23 heavy (non-hydrogen) atoms. The van der Waals surface area contributed by atoms with Crippen LogP contribution in [-0.4, -0.2) is 34.5 Å². The van der Waals surface area contributed by atoms with E-state index in [9.17, 15) is 19.5 Å². The van der Waals surface area contributed by atoms with Crippen LogP contribution in [0.25, 0.3) is 0 Å². The van der Waals surface area contributed by atoms with Gasteiger partial charge in [0.05, 0.1) is 24.1 Å². The van der Waals surface area contributed by atoms with Crippen molar-refractivity contribution in [3.63, 3.8) is 0 Å². The number of carboxylic acid groups (broad SMARTS) is 1. The molecular weight excluding hydrogens is 320 g/mol. The van der Waals surface area contributed by atoms with E-state index in [1.54, 1.807) is 26.0 Å². The Labute approximate surface area is 137 Å². The lowest BCUT2D eigenvalue weighted by Crippen LogP contribution is -2.34. The number of rotatable bonds is 5. The predicted molar refractivity (Wildman–Crippen MR) is 84.4 cm³/mol. The van der Waals surface area contributed by atoms with Crippen molar-refractivity contribution in [2.75, 3.05) is 11.9 Å². The van der Waals surface area contributed by atoms with E-state index in [-0.39, 0.29) is 11.7 Å². The second kappa shape index (κ2) is 7.36. The van der Waals surface area contributed by atoms with Gasteiger partial charge in [-0.15, -0.1) is 0 Å². The topological polar surface area (TPSA) is 106 Å². The van der Waals surface area contributed by atoms with Gasteiger partial charge in [-0.05, 0) is 26.7 Å². The molecule has 8 heteroatoms. The lowest BCUT2D eigenvalue weighted by atomic mass is 9.82. The van der Waals surface area contributed by atoms with Crippen LogP contribution in [0.1, 0.15) is 35.1 Å². The maximum atomic E-state index is 12.3. The zero-order valence-corrected chi connectivity index (χ0v) is 13.7. The fourth-order valence-electron chi connectivity index (χ4n) is 2.41. The van der Waals surface area contributed by atoms with Crippen LogP contribution in [0, 0.1) is 18.8 Å². The minimum atomic E-state index is -0.989. The molecule has 0 saturated carbocycles. The Balaban J connectivity index is 2.11. The van der Waals surface area contributed by atoms with Gasteiger partial charge in [0.25, 0.3) is 0 Å². The minimum absolute atomic E-state index is 0.257. The molecule has 2 rings (SSSR count). The summed E-state index contributed by atoms with van der Waals surface area (Å²) in [6, 6.07) is 0. The first-order chi connectivity index (χ1) is 10.9. The molecule has 1 heterocycles. The van der Waals surface area contributed by atoms with Gasteiger partial charge in [-0.25, -0.2) is 9.78 Å². The van der Waals surface area contributed by atoms with Crippen LogP contribution in [0.3, 0.4) is 0 Å². The Morgan fingerprint density at radius 3 is 2.61 bits per heavy atom. The number of carboxylic acids is 1. The summed E-state index contributed by atoms with van der Waals surface area (Å²) < 4.78 is 4.92. The van der Waals surface area contributed by atoms with Crippen LogP contribution >= 0.6 is 11.3 Å². The summed E-state index contributed by atoms with van der Waals surface area (Å²) in [4.78, 5) is 39.8. The zero-order chi connectivity index (χ0) is 17.0. The summed E-state index contributed by atoms with van der Waals surface area (Å²) in [5.41, 5.74) is 0.474. The summed E-state index contributed by atoms with van der Waals surface area (Å²) in [5.74, 6) is -3.26. The molecule has 0 radical (unpaired) electrons. The molecule has 0 spiro atoms. The summed E-state index contributed by atoms with van der Waals surface area (Å²) in [6.07, 6.45) is 4.28. The number of aryl methyl sites for hydroxylation is 1.